The molecule has 0 spiro atoms. The van der Waals surface area contributed by atoms with Crippen molar-refractivity contribution in [3.8, 4) is 0 Å². The first-order valence-corrected chi connectivity index (χ1v) is 8.69. The number of hydrogen-bond acceptors (Lipinski definition) is 4. The predicted octanol–water partition coefficient (Wildman–Crippen LogP) is 3.39. The summed E-state index contributed by atoms with van der Waals surface area (Å²) in [5.41, 5.74) is 1.94. The van der Waals surface area contributed by atoms with Gasteiger partial charge in [-0.1, -0.05) is 15.9 Å². The molecule has 0 fully saturated rings. The highest BCUT2D eigenvalue weighted by Gasteiger charge is 2.20. The quantitative estimate of drug-likeness (QED) is 0.847. The maximum absolute atomic E-state index is 12.5. The molecule has 1 aromatic carbocycles. The SMILES string of the molecule is CCNc1cccnc1S(=O)(=O)Nc1ccc(Br)c(C)c1. The second kappa shape index (κ2) is 6.44. The summed E-state index contributed by atoms with van der Waals surface area (Å²) in [5.74, 6) is 0. The average Bonchev–Trinajstić information content (AvgIpc) is 2.43. The summed E-state index contributed by atoms with van der Waals surface area (Å²) in [4.78, 5) is 3.98. The molecule has 0 aliphatic rings. The Bertz CT molecular complexity index is 748. The van der Waals surface area contributed by atoms with Crippen molar-refractivity contribution in [2.75, 3.05) is 16.6 Å². The van der Waals surface area contributed by atoms with E-state index in [2.05, 4.69) is 31.0 Å². The number of pyridine rings is 1. The van der Waals surface area contributed by atoms with E-state index in [0.29, 0.717) is 17.9 Å². The average molecular weight is 370 g/mol. The molecule has 0 amide bonds. The standard InChI is InChI=1S/C14H16BrN3O2S/c1-3-16-13-5-4-8-17-14(13)21(19,20)18-11-6-7-12(15)10(2)9-11/h4-9,16,18H,3H2,1-2H3. The molecule has 1 heterocycles. The van der Waals surface area contributed by atoms with Crippen molar-refractivity contribution < 1.29 is 8.42 Å². The van der Waals surface area contributed by atoms with E-state index in [-0.39, 0.29) is 5.03 Å². The molecule has 0 unspecified atom stereocenters. The summed E-state index contributed by atoms with van der Waals surface area (Å²) in [6.45, 7) is 4.41. The highest BCUT2D eigenvalue weighted by atomic mass is 79.9. The number of nitrogens with one attached hydrogen (secondary N) is 2. The Balaban J connectivity index is 2.36. The van der Waals surface area contributed by atoms with E-state index < -0.39 is 10.0 Å². The van der Waals surface area contributed by atoms with E-state index in [9.17, 15) is 8.42 Å². The van der Waals surface area contributed by atoms with Crippen molar-refractivity contribution in [2.45, 2.75) is 18.9 Å². The fourth-order valence-corrected chi connectivity index (χ4v) is 3.25. The van der Waals surface area contributed by atoms with Gasteiger partial charge in [0.25, 0.3) is 10.0 Å². The fourth-order valence-electron chi connectivity index (χ4n) is 1.84. The lowest BCUT2D eigenvalue weighted by Crippen LogP contribution is -2.17. The van der Waals surface area contributed by atoms with E-state index in [0.717, 1.165) is 10.0 Å². The second-order valence-corrected chi connectivity index (χ2v) is 6.91. The Hall–Kier alpha value is -1.60. The van der Waals surface area contributed by atoms with Gasteiger partial charge in [-0.2, -0.15) is 8.42 Å². The number of halogens is 1. The first-order valence-electron chi connectivity index (χ1n) is 6.42. The molecule has 0 radical (unpaired) electrons. The number of benzene rings is 1. The van der Waals surface area contributed by atoms with Crippen LogP contribution in [0, 0.1) is 6.92 Å². The number of nitrogens with zero attached hydrogens (tertiary/aromatic N) is 1. The Morgan fingerprint density at radius 1 is 1.29 bits per heavy atom. The summed E-state index contributed by atoms with van der Waals surface area (Å²) in [7, 11) is -3.73. The lowest BCUT2D eigenvalue weighted by atomic mass is 10.2. The molecule has 2 aromatic rings. The molecule has 7 heteroatoms. The second-order valence-electron chi connectivity index (χ2n) is 4.46. The lowest BCUT2D eigenvalue weighted by Gasteiger charge is -2.12. The van der Waals surface area contributed by atoms with Crippen LogP contribution < -0.4 is 10.0 Å². The molecule has 0 aliphatic carbocycles. The van der Waals surface area contributed by atoms with Crippen molar-refractivity contribution >= 4 is 37.3 Å². The van der Waals surface area contributed by atoms with Crippen molar-refractivity contribution in [3.05, 3.63) is 46.6 Å². The first-order chi connectivity index (χ1) is 9.94. The van der Waals surface area contributed by atoms with Crippen LogP contribution in [0.25, 0.3) is 0 Å². The highest BCUT2D eigenvalue weighted by Crippen LogP contribution is 2.24. The van der Waals surface area contributed by atoms with Gasteiger partial charge in [0.05, 0.1) is 5.69 Å². The van der Waals surface area contributed by atoms with Gasteiger partial charge < -0.3 is 5.32 Å². The van der Waals surface area contributed by atoms with Crippen molar-refractivity contribution in [2.24, 2.45) is 0 Å². The maximum atomic E-state index is 12.5. The molecular formula is C14H16BrN3O2S. The smallest absolute Gasteiger partial charge is 0.281 e. The zero-order valence-electron chi connectivity index (χ0n) is 11.7. The molecule has 0 saturated carbocycles. The first kappa shape index (κ1) is 15.8. The summed E-state index contributed by atoms with van der Waals surface area (Å²) >= 11 is 3.39. The van der Waals surface area contributed by atoms with Crippen LogP contribution in [0.5, 0.6) is 0 Å². The lowest BCUT2D eigenvalue weighted by molar-refractivity contribution is 0.598. The summed E-state index contributed by atoms with van der Waals surface area (Å²) in [6, 6.07) is 8.65. The molecule has 0 saturated heterocycles. The molecule has 1 aromatic heterocycles. The van der Waals surface area contributed by atoms with Gasteiger partial charge in [-0.05, 0) is 49.7 Å². The number of sulfonamides is 1. The summed E-state index contributed by atoms with van der Waals surface area (Å²) < 4.78 is 28.4. The molecule has 0 aliphatic heterocycles. The van der Waals surface area contributed by atoms with Gasteiger partial charge in [0.2, 0.25) is 0 Å². The number of hydrogen-bond donors (Lipinski definition) is 2. The van der Waals surface area contributed by atoms with E-state index in [1.165, 1.54) is 6.20 Å². The van der Waals surface area contributed by atoms with E-state index in [1.54, 1.807) is 30.3 Å². The van der Waals surface area contributed by atoms with E-state index in [1.807, 2.05) is 13.8 Å². The third kappa shape index (κ3) is 3.74. The van der Waals surface area contributed by atoms with Gasteiger partial charge in [-0.3, -0.25) is 4.72 Å². The Morgan fingerprint density at radius 2 is 2.05 bits per heavy atom. The zero-order valence-corrected chi connectivity index (χ0v) is 14.1. The maximum Gasteiger partial charge on any atom is 0.281 e. The van der Waals surface area contributed by atoms with Crippen LogP contribution in [0.15, 0.2) is 46.0 Å². The van der Waals surface area contributed by atoms with Crippen molar-refractivity contribution in [3.63, 3.8) is 0 Å². The molecule has 2 rings (SSSR count). The summed E-state index contributed by atoms with van der Waals surface area (Å²) in [5, 5.41) is 2.99. The molecular weight excluding hydrogens is 354 g/mol. The van der Waals surface area contributed by atoms with E-state index >= 15 is 0 Å². The number of anilines is 2. The molecule has 0 atom stereocenters. The van der Waals surface area contributed by atoms with Gasteiger partial charge >= 0.3 is 0 Å². The highest BCUT2D eigenvalue weighted by molar-refractivity contribution is 9.10. The van der Waals surface area contributed by atoms with Gasteiger partial charge in [-0.15, -0.1) is 0 Å². The molecule has 112 valence electrons. The Kier molecular flexibility index (Phi) is 4.84. The monoisotopic (exact) mass is 369 g/mol. The van der Waals surface area contributed by atoms with Crippen LogP contribution in [-0.4, -0.2) is 19.9 Å². The van der Waals surface area contributed by atoms with Crippen LogP contribution in [0.2, 0.25) is 0 Å². The number of aromatic nitrogens is 1. The third-order valence-electron chi connectivity index (χ3n) is 2.80. The Morgan fingerprint density at radius 3 is 2.71 bits per heavy atom. The topological polar surface area (TPSA) is 71.1 Å². The minimum Gasteiger partial charge on any atom is -0.383 e. The normalized spacial score (nSPS) is 11.2. The van der Waals surface area contributed by atoms with Crippen molar-refractivity contribution in [1.29, 1.82) is 0 Å². The van der Waals surface area contributed by atoms with Crippen LogP contribution in [-0.2, 0) is 10.0 Å². The molecule has 5 nitrogen and oxygen atoms in total. The van der Waals surface area contributed by atoms with Gasteiger partial charge in [-0.25, -0.2) is 4.98 Å². The van der Waals surface area contributed by atoms with Gasteiger partial charge in [0.1, 0.15) is 0 Å². The van der Waals surface area contributed by atoms with Crippen LogP contribution in [0.3, 0.4) is 0 Å². The zero-order chi connectivity index (χ0) is 15.5. The largest absolute Gasteiger partial charge is 0.383 e. The molecule has 0 bridgehead atoms. The predicted molar refractivity (Wildman–Crippen MR) is 88.1 cm³/mol. The number of aryl methyl sites for hydroxylation is 1. The van der Waals surface area contributed by atoms with Crippen LogP contribution in [0.4, 0.5) is 11.4 Å². The van der Waals surface area contributed by atoms with Gasteiger partial charge in [0.15, 0.2) is 5.03 Å². The van der Waals surface area contributed by atoms with Crippen LogP contribution >= 0.6 is 15.9 Å². The Labute approximate surface area is 133 Å². The molecule has 2 N–H and O–H groups in total. The van der Waals surface area contributed by atoms with Gasteiger partial charge in [0, 0.05) is 22.9 Å². The third-order valence-corrected chi connectivity index (χ3v) is 5.03. The fraction of sp³-hybridized carbons (Fsp3) is 0.214. The van der Waals surface area contributed by atoms with Crippen LogP contribution in [0.1, 0.15) is 12.5 Å². The minimum absolute atomic E-state index is 0.00702. The van der Waals surface area contributed by atoms with E-state index in [4.69, 9.17) is 0 Å². The summed E-state index contributed by atoms with van der Waals surface area (Å²) in [6.07, 6.45) is 1.46. The van der Waals surface area contributed by atoms with Crippen molar-refractivity contribution in [1.82, 2.24) is 4.98 Å². The number of rotatable bonds is 5. The minimum atomic E-state index is -3.73. The molecule has 21 heavy (non-hydrogen) atoms.